The van der Waals surface area contributed by atoms with Gasteiger partial charge in [0.1, 0.15) is 0 Å². The minimum Gasteiger partial charge on any atom is -0.385 e. The molecule has 3 nitrogen and oxygen atoms in total. The zero-order valence-electron chi connectivity index (χ0n) is 11.8. The maximum atomic E-state index is 3.60. The molecule has 0 bridgehead atoms. The van der Waals surface area contributed by atoms with Crippen LogP contribution in [0.5, 0.6) is 0 Å². The van der Waals surface area contributed by atoms with Gasteiger partial charge in [-0.2, -0.15) is 0 Å². The Labute approximate surface area is 116 Å². The first-order valence-electron chi connectivity index (χ1n) is 7.71. The molecule has 1 aromatic rings. The second-order valence-electron chi connectivity index (χ2n) is 5.71. The predicted octanol–water partition coefficient (Wildman–Crippen LogP) is 2.23. The van der Waals surface area contributed by atoms with E-state index in [9.17, 15) is 0 Å². The fourth-order valence-corrected chi connectivity index (χ4v) is 3.19. The smallest absolute Gasteiger partial charge is 0.0418 e. The molecule has 2 N–H and O–H groups in total. The fourth-order valence-electron chi connectivity index (χ4n) is 3.19. The van der Waals surface area contributed by atoms with Gasteiger partial charge < -0.3 is 15.5 Å². The van der Waals surface area contributed by atoms with Crippen LogP contribution in [0.15, 0.2) is 18.2 Å². The largest absolute Gasteiger partial charge is 0.385 e. The molecule has 19 heavy (non-hydrogen) atoms. The number of fused-ring (bicyclic) bond motifs is 1. The molecule has 1 aromatic carbocycles. The molecule has 0 aromatic heterocycles. The van der Waals surface area contributed by atoms with Gasteiger partial charge in [0, 0.05) is 31.9 Å². The van der Waals surface area contributed by atoms with E-state index in [2.05, 4.69) is 33.7 Å². The van der Waals surface area contributed by atoms with E-state index in [1.54, 1.807) is 0 Å². The molecule has 1 fully saturated rings. The first-order valence-corrected chi connectivity index (χ1v) is 7.71. The molecule has 0 saturated carbocycles. The maximum absolute atomic E-state index is 3.60. The Hall–Kier alpha value is -1.06. The van der Waals surface area contributed by atoms with E-state index in [0.717, 1.165) is 19.6 Å². The van der Waals surface area contributed by atoms with Crippen molar-refractivity contribution in [2.24, 2.45) is 0 Å². The van der Waals surface area contributed by atoms with E-state index in [1.165, 1.54) is 62.1 Å². The van der Waals surface area contributed by atoms with Crippen LogP contribution < -0.4 is 10.6 Å². The van der Waals surface area contributed by atoms with Crippen molar-refractivity contribution in [2.75, 3.05) is 38.0 Å². The van der Waals surface area contributed by atoms with Crippen LogP contribution in [0.4, 0.5) is 5.69 Å². The number of nitrogens with one attached hydrogen (secondary N) is 2. The molecule has 3 rings (SSSR count). The third kappa shape index (κ3) is 3.28. The summed E-state index contributed by atoms with van der Waals surface area (Å²) in [5.41, 5.74) is 4.31. The summed E-state index contributed by atoms with van der Waals surface area (Å²) in [5.74, 6) is 0. The monoisotopic (exact) mass is 259 g/mol. The standard InChI is InChI=1S/C16H25N3/c1-2-11-19(10-1)12-9-17-13-15-6-3-5-14-7-4-8-18-16(14)15/h3,5-6,17-18H,1-2,4,7-13H2. The Bertz CT molecular complexity index is 410. The average Bonchev–Trinajstić information content (AvgIpc) is 2.97. The highest BCUT2D eigenvalue weighted by atomic mass is 15.1. The lowest BCUT2D eigenvalue weighted by Crippen LogP contribution is -2.30. The van der Waals surface area contributed by atoms with Gasteiger partial charge in [-0.15, -0.1) is 0 Å². The molecule has 2 aliphatic rings. The number of benzene rings is 1. The van der Waals surface area contributed by atoms with E-state index in [1.807, 2.05) is 0 Å². The first-order chi connectivity index (χ1) is 9.43. The number of anilines is 1. The van der Waals surface area contributed by atoms with Gasteiger partial charge in [-0.1, -0.05) is 18.2 Å². The van der Waals surface area contributed by atoms with Gasteiger partial charge in [-0.3, -0.25) is 0 Å². The van der Waals surface area contributed by atoms with E-state index in [-0.39, 0.29) is 0 Å². The summed E-state index contributed by atoms with van der Waals surface area (Å²) in [7, 11) is 0. The topological polar surface area (TPSA) is 27.3 Å². The number of hydrogen-bond acceptors (Lipinski definition) is 3. The lowest BCUT2D eigenvalue weighted by atomic mass is 9.99. The van der Waals surface area contributed by atoms with Crippen molar-refractivity contribution in [3.63, 3.8) is 0 Å². The summed E-state index contributed by atoms with van der Waals surface area (Å²) >= 11 is 0. The fraction of sp³-hybridized carbons (Fsp3) is 0.625. The van der Waals surface area contributed by atoms with Crippen LogP contribution >= 0.6 is 0 Å². The normalized spacial score (nSPS) is 19.2. The minimum absolute atomic E-state index is 0.990. The number of likely N-dealkylation sites (tertiary alicyclic amines) is 1. The van der Waals surface area contributed by atoms with Gasteiger partial charge in [0.25, 0.3) is 0 Å². The van der Waals surface area contributed by atoms with Crippen molar-refractivity contribution in [1.82, 2.24) is 10.2 Å². The van der Waals surface area contributed by atoms with Crippen molar-refractivity contribution in [3.05, 3.63) is 29.3 Å². The summed E-state index contributed by atoms with van der Waals surface area (Å²) in [6.45, 7) is 7.00. The number of rotatable bonds is 5. The van der Waals surface area contributed by atoms with E-state index in [4.69, 9.17) is 0 Å². The van der Waals surface area contributed by atoms with Crippen LogP contribution in [-0.4, -0.2) is 37.6 Å². The van der Waals surface area contributed by atoms with Crippen molar-refractivity contribution in [2.45, 2.75) is 32.2 Å². The summed E-state index contributed by atoms with van der Waals surface area (Å²) in [6.07, 6.45) is 5.26. The third-order valence-corrected chi connectivity index (χ3v) is 4.28. The van der Waals surface area contributed by atoms with E-state index in [0.29, 0.717) is 0 Å². The van der Waals surface area contributed by atoms with Gasteiger partial charge >= 0.3 is 0 Å². The molecule has 104 valence electrons. The summed E-state index contributed by atoms with van der Waals surface area (Å²) in [4.78, 5) is 2.56. The zero-order chi connectivity index (χ0) is 12.9. The quantitative estimate of drug-likeness (QED) is 0.794. The van der Waals surface area contributed by atoms with Crippen LogP contribution in [0.25, 0.3) is 0 Å². The van der Waals surface area contributed by atoms with Crippen LogP contribution in [0, 0.1) is 0 Å². The van der Waals surface area contributed by atoms with Crippen molar-refractivity contribution in [3.8, 4) is 0 Å². The second-order valence-corrected chi connectivity index (χ2v) is 5.71. The summed E-state index contributed by atoms with van der Waals surface area (Å²) in [6, 6.07) is 6.71. The Morgan fingerprint density at radius 2 is 2.05 bits per heavy atom. The summed E-state index contributed by atoms with van der Waals surface area (Å²) in [5, 5.41) is 7.16. The SMILES string of the molecule is c1cc2c(c(CNCCN3CCCC3)c1)NCCC2. The van der Waals surface area contributed by atoms with Crippen molar-refractivity contribution >= 4 is 5.69 Å². The molecule has 0 aliphatic carbocycles. The van der Waals surface area contributed by atoms with Crippen molar-refractivity contribution in [1.29, 1.82) is 0 Å². The molecule has 0 spiro atoms. The highest BCUT2D eigenvalue weighted by molar-refractivity contribution is 5.59. The van der Waals surface area contributed by atoms with Gasteiger partial charge in [0.15, 0.2) is 0 Å². The third-order valence-electron chi connectivity index (χ3n) is 4.28. The Morgan fingerprint density at radius 1 is 1.16 bits per heavy atom. The first kappa shape index (κ1) is 12.9. The van der Waals surface area contributed by atoms with E-state index >= 15 is 0 Å². The Balaban J connectivity index is 1.49. The highest BCUT2D eigenvalue weighted by Crippen LogP contribution is 2.25. The second kappa shape index (κ2) is 6.40. The average molecular weight is 259 g/mol. The molecule has 2 aliphatic heterocycles. The number of para-hydroxylation sites is 1. The molecule has 0 radical (unpaired) electrons. The lowest BCUT2D eigenvalue weighted by molar-refractivity contribution is 0.335. The van der Waals surface area contributed by atoms with Gasteiger partial charge in [0.2, 0.25) is 0 Å². The van der Waals surface area contributed by atoms with Crippen LogP contribution in [0.3, 0.4) is 0 Å². The van der Waals surface area contributed by atoms with Gasteiger partial charge in [-0.25, -0.2) is 0 Å². The Kier molecular flexibility index (Phi) is 4.36. The van der Waals surface area contributed by atoms with Crippen LogP contribution in [-0.2, 0) is 13.0 Å². The maximum Gasteiger partial charge on any atom is 0.0418 e. The van der Waals surface area contributed by atoms with Crippen molar-refractivity contribution < 1.29 is 0 Å². The molecular formula is C16H25N3. The van der Waals surface area contributed by atoms with Crippen LogP contribution in [0.2, 0.25) is 0 Å². The van der Waals surface area contributed by atoms with E-state index < -0.39 is 0 Å². The van der Waals surface area contributed by atoms with Gasteiger partial charge in [-0.05, 0) is 49.9 Å². The minimum atomic E-state index is 0.990. The Morgan fingerprint density at radius 3 is 2.95 bits per heavy atom. The predicted molar refractivity (Wildman–Crippen MR) is 80.6 cm³/mol. The van der Waals surface area contributed by atoms with Gasteiger partial charge in [0.05, 0.1) is 0 Å². The zero-order valence-corrected chi connectivity index (χ0v) is 11.8. The molecule has 1 saturated heterocycles. The number of hydrogen-bond donors (Lipinski definition) is 2. The number of nitrogens with zero attached hydrogens (tertiary/aromatic N) is 1. The molecular weight excluding hydrogens is 234 g/mol. The number of aryl methyl sites for hydroxylation is 1. The summed E-state index contributed by atoms with van der Waals surface area (Å²) < 4.78 is 0. The molecule has 2 heterocycles. The molecule has 3 heteroatoms. The molecule has 0 unspecified atom stereocenters. The van der Waals surface area contributed by atoms with Crippen LogP contribution in [0.1, 0.15) is 30.4 Å². The molecule has 0 amide bonds. The molecule has 0 atom stereocenters. The highest BCUT2D eigenvalue weighted by Gasteiger charge is 2.12. The lowest BCUT2D eigenvalue weighted by Gasteiger charge is -2.22.